The molecule has 1 aliphatic carbocycles. The third-order valence-electron chi connectivity index (χ3n) is 4.22. The molecule has 108 valence electrons. The van der Waals surface area contributed by atoms with Gasteiger partial charge in [0.2, 0.25) is 0 Å². The van der Waals surface area contributed by atoms with E-state index in [0.717, 1.165) is 35.6 Å². The van der Waals surface area contributed by atoms with Crippen LogP contribution in [0.2, 0.25) is 0 Å². The Bertz CT molecular complexity index is 584. The maximum Gasteiger partial charge on any atom is 0.176 e. The Hall–Kier alpha value is -1.13. The Morgan fingerprint density at radius 2 is 2.25 bits per heavy atom. The average Bonchev–Trinajstić information content (AvgIpc) is 2.84. The highest BCUT2D eigenvalue weighted by Crippen LogP contribution is 2.42. The topological polar surface area (TPSA) is 34.4 Å². The van der Waals surface area contributed by atoms with Crippen molar-refractivity contribution in [3.63, 3.8) is 0 Å². The van der Waals surface area contributed by atoms with Gasteiger partial charge in [-0.05, 0) is 31.2 Å². The number of methoxy groups -OCH3 is 1. The molecule has 1 fully saturated rings. The molecular weight excluding hydrogens is 270 g/mol. The molecule has 2 aromatic rings. The number of fused-ring (bicyclic) bond motifs is 1. The summed E-state index contributed by atoms with van der Waals surface area (Å²) in [5.74, 6) is 1.77. The fraction of sp³-hybridized carbons (Fsp3) is 0.500. The van der Waals surface area contributed by atoms with Gasteiger partial charge in [0.05, 0.1) is 13.7 Å². The van der Waals surface area contributed by atoms with Crippen molar-refractivity contribution in [2.45, 2.75) is 30.6 Å². The lowest BCUT2D eigenvalue weighted by molar-refractivity contribution is 0.340. The highest BCUT2D eigenvalue weighted by atomic mass is 32.2. The van der Waals surface area contributed by atoms with Gasteiger partial charge >= 0.3 is 0 Å². The monoisotopic (exact) mass is 291 g/mol. The SMILES string of the molecule is COc1cccc2cc(CNCC3(SC)CCC3)oc12. The van der Waals surface area contributed by atoms with Crippen molar-refractivity contribution in [3.8, 4) is 5.75 Å². The zero-order valence-corrected chi connectivity index (χ0v) is 12.9. The predicted molar refractivity (Wildman–Crippen MR) is 84.6 cm³/mol. The van der Waals surface area contributed by atoms with Crippen molar-refractivity contribution < 1.29 is 9.15 Å². The zero-order valence-electron chi connectivity index (χ0n) is 12.1. The quantitative estimate of drug-likeness (QED) is 0.877. The maximum absolute atomic E-state index is 5.90. The smallest absolute Gasteiger partial charge is 0.176 e. The molecule has 1 N–H and O–H groups in total. The van der Waals surface area contributed by atoms with Gasteiger partial charge in [0, 0.05) is 16.7 Å². The summed E-state index contributed by atoms with van der Waals surface area (Å²) in [6.45, 7) is 1.84. The van der Waals surface area contributed by atoms with Crippen LogP contribution in [0.1, 0.15) is 25.0 Å². The van der Waals surface area contributed by atoms with Crippen LogP contribution in [0.5, 0.6) is 5.75 Å². The Labute approximate surface area is 124 Å². The Morgan fingerprint density at radius 1 is 1.40 bits per heavy atom. The van der Waals surface area contributed by atoms with E-state index < -0.39 is 0 Å². The van der Waals surface area contributed by atoms with Gasteiger partial charge in [0.1, 0.15) is 5.76 Å². The van der Waals surface area contributed by atoms with Crippen molar-refractivity contribution in [2.24, 2.45) is 0 Å². The molecule has 0 amide bonds. The first-order chi connectivity index (χ1) is 9.76. The third-order valence-corrected chi connectivity index (χ3v) is 5.64. The molecule has 0 unspecified atom stereocenters. The van der Waals surface area contributed by atoms with Crippen LogP contribution in [-0.4, -0.2) is 24.7 Å². The second-order valence-corrected chi connectivity index (χ2v) is 6.71. The minimum Gasteiger partial charge on any atom is -0.493 e. The minimum absolute atomic E-state index is 0.462. The van der Waals surface area contributed by atoms with Crippen LogP contribution in [0.25, 0.3) is 11.0 Å². The Morgan fingerprint density at radius 3 is 2.90 bits per heavy atom. The van der Waals surface area contributed by atoms with Gasteiger partial charge in [-0.2, -0.15) is 11.8 Å². The summed E-state index contributed by atoms with van der Waals surface area (Å²) in [7, 11) is 1.67. The molecule has 3 rings (SSSR count). The molecule has 0 radical (unpaired) electrons. The van der Waals surface area contributed by atoms with E-state index in [0.29, 0.717) is 4.75 Å². The van der Waals surface area contributed by atoms with Crippen molar-refractivity contribution in [3.05, 3.63) is 30.0 Å². The van der Waals surface area contributed by atoms with Gasteiger partial charge in [-0.25, -0.2) is 0 Å². The summed E-state index contributed by atoms with van der Waals surface area (Å²) >= 11 is 1.99. The van der Waals surface area contributed by atoms with E-state index in [1.54, 1.807) is 7.11 Å². The highest BCUT2D eigenvalue weighted by molar-refractivity contribution is 8.00. The molecule has 4 heteroatoms. The van der Waals surface area contributed by atoms with Crippen molar-refractivity contribution >= 4 is 22.7 Å². The van der Waals surface area contributed by atoms with Crippen LogP contribution in [0.4, 0.5) is 0 Å². The predicted octanol–water partition coefficient (Wildman–Crippen LogP) is 3.82. The van der Waals surface area contributed by atoms with Gasteiger partial charge in [-0.15, -0.1) is 0 Å². The van der Waals surface area contributed by atoms with Crippen LogP contribution in [-0.2, 0) is 6.54 Å². The number of rotatable bonds is 6. The van der Waals surface area contributed by atoms with Gasteiger partial charge in [0.15, 0.2) is 11.3 Å². The number of furan rings is 1. The van der Waals surface area contributed by atoms with Crippen molar-refractivity contribution in [2.75, 3.05) is 19.9 Å². The first-order valence-electron chi connectivity index (χ1n) is 7.08. The number of para-hydroxylation sites is 1. The van der Waals surface area contributed by atoms with E-state index in [1.165, 1.54) is 19.3 Å². The number of hydrogen-bond donors (Lipinski definition) is 1. The number of ether oxygens (including phenoxy) is 1. The summed E-state index contributed by atoms with van der Waals surface area (Å²) in [6.07, 6.45) is 6.24. The standard InChI is InChI=1S/C16H21NO2S/c1-18-14-6-3-5-12-9-13(19-15(12)14)10-17-11-16(20-2)7-4-8-16/h3,5-6,9,17H,4,7-8,10-11H2,1-2H3. The summed E-state index contributed by atoms with van der Waals surface area (Å²) in [6, 6.07) is 8.07. The van der Waals surface area contributed by atoms with Crippen LogP contribution < -0.4 is 10.1 Å². The van der Waals surface area contributed by atoms with Crippen molar-refractivity contribution in [1.82, 2.24) is 5.32 Å². The van der Waals surface area contributed by atoms with Crippen LogP contribution in [0.3, 0.4) is 0 Å². The van der Waals surface area contributed by atoms with Crippen LogP contribution >= 0.6 is 11.8 Å². The number of nitrogens with one attached hydrogen (secondary N) is 1. The van der Waals surface area contributed by atoms with Gasteiger partial charge < -0.3 is 14.5 Å². The zero-order chi connectivity index (χ0) is 14.0. The molecular formula is C16H21NO2S. The molecule has 1 aromatic carbocycles. The molecule has 3 nitrogen and oxygen atoms in total. The molecule has 0 spiro atoms. The first-order valence-corrected chi connectivity index (χ1v) is 8.30. The highest BCUT2D eigenvalue weighted by Gasteiger charge is 2.35. The lowest BCUT2D eigenvalue weighted by Gasteiger charge is -2.40. The molecule has 20 heavy (non-hydrogen) atoms. The maximum atomic E-state index is 5.90. The van der Waals surface area contributed by atoms with E-state index >= 15 is 0 Å². The molecule has 0 aliphatic heterocycles. The summed E-state index contributed by atoms with van der Waals surface area (Å²) in [5.41, 5.74) is 0.843. The first kappa shape index (κ1) is 13.8. The Balaban J connectivity index is 1.66. The van der Waals surface area contributed by atoms with Crippen molar-refractivity contribution in [1.29, 1.82) is 0 Å². The number of hydrogen-bond acceptors (Lipinski definition) is 4. The van der Waals surface area contributed by atoms with Crippen LogP contribution in [0.15, 0.2) is 28.7 Å². The lowest BCUT2D eigenvalue weighted by Crippen LogP contribution is -2.43. The fourth-order valence-corrected chi connectivity index (χ4v) is 3.72. The Kier molecular flexibility index (Phi) is 3.94. The molecule has 0 atom stereocenters. The minimum atomic E-state index is 0.462. The molecule has 0 bridgehead atoms. The second kappa shape index (κ2) is 5.70. The van der Waals surface area contributed by atoms with E-state index in [4.69, 9.17) is 9.15 Å². The fourth-order valence-electron chi connectivity index (χ4n) is 2.78. The summed E-state index contributed by atoms with van der Waals surface area (Å²) in [5, 5.41) is 4.64. The average molecular weight is 291 g/mol. The van der Waals surface area contributed by atoms with E-state index in [9.17, 15) is 0 Å². The third kappa shape index (κ3) is 2.54. The molecule has 1 saturated carbocycles. The molecule has 1 aromatic heterocycles. The largest absolute Gasteiger partial charge is 0.493 e. The molecule has 0 saturated heterocycles. The molecule has 1 aliphatic rings. The normalized spacial score (nSPS) is 17.1. The van der Waals surface area contributed by atoms with Gasteiger partial charge in [-0.1, -0.05) is 18.6 Å². The molecule has 1 heterocycles. The second-order valence-electron chi connectivity index (χ2n) is 5.44. The van der Waals surface area contributed by atoms with Crippen LogP contribution in [0, 0.1) is 0 Å². The van der Waals surface area contributed by atoms with Gasteiger partial charge in [-0.3, -0.25) is 0 Å². The lowest BCUT2D eigenvalue weighted by atomic mass is 9.84. The van der Waals surface area contributed by atoms with E-state index in [1.807, 2.05) is 23.9 Å². The van der Waals surface area contributed by atoms with E-state index in [-0.39, 0.29) is 0 Å². The van der Waals surface area contributed by atoms with Gasteiger partial charge in [0.25, 0.3) is 0 Å². The number of benzene rings is 1. The summed E-state index contributed by atoms with van der Waals surface area (Å²) in [4.78, 5) is 0. The number of thioether (sulfide) groups is 1. The van der Waals surface area contributed by atoms with E-state index in [2.05, 4.69) is 23.7 Å². The summed E-state index contributed by atoms with van der Waals surface area (Å²) < 4.78 is 11.7.